The number of ether oxygens (including phenoxy) is 2. The first-order chi connectivity index (χ1) is 14.3. The molecule has 1 fully saturated rings. The van der Waals surface area contributed by atoms with Crippen LogP contribution in [-0.4, -0.2) is 93.0 Å². The van der Waals surface area contributed by atoms with Crippen LogP contribution in [-0.2, 0) is 19.6 Å². The van der Waals surface area contributed by atoms with E-state index in [0.29, 0.717) is 26.2 Å². The third kappa shape index (κ3) is 7.37. The van der Waals surface area contributed by atoms with Gasteiger partial charge in [-0.3, -0.25) is 14.4 Å². The Balaban J connectivity index is 2.29. The second kappa shape index (κ2) is 9.84. The number of aromatic carboxylic acids is 1. The molecule has 0 radical (unpaired) electrons. The fourth-order valence-corrected chi connectivity index (χ4v) is 4.50. The molecule has 0 aliphatic carbocycles. The van der Waals surface area contributed by atoms with E-state index in [1.807, 2.05) is 7.05 Å². The van der Waals surface area contributed by atoms with Crippen molar-refractivity contribution >= 4 is 27.6 Å². The van der Waals surface area contributed by atoms with E-state index in [1.165, 1.54) is 25.3 Å². The number of anilines is 1. The number of likely N-dealkylation sites (N-methyl/N-ethyl adjacent to an activating group) is 1. The van der Waals surface area contributed by atoms with Crippen LogP contribution in [0.15, 0.2) is 18.2 Å². The van der Waals surface area contributed by atoms with Crippen LogP contribution in [0.1, 0.15) is 31.1 Å². The van der Waals surface area contributed by atoms with Gasteiger partial charge in [0.1, 0.15) is 17.4 Å². The van der Waals surface area contributed by atoms with Crippen molar-refractivity contribution in [3.05, 3.63) is 23.8 Å². The number of nitrogens with one attached hydrogen (secondary N) is 1. The molecule has 31 heavy (non-hydrogen) atoms. The number of carboxylic acid groups (broad SMARTS) is 1. The van der Waals surface area contributed by atoms with Gasteiger partial charge in [0.15, 0.2) is 0 Å². The molecule has 1 aromatic rings. The highest BCUT2D eigenvalue weighted by atomic mass is 32.2. The first-order valence-corrected chi connectivity index (χ1v) is 11.5. The van der Waals surface area contributed by atoms with Crippen molar-refractivity contribution in [1.82, 2.24) is 9.80 Å². The molecule has 1 aliphatic rings. The van der Waals surface area contributed by atoms with Gasteiger partial charge in [-0.2, -0.15) is 0 Å². The molecule has 1 saturated heterocycles. The van der Waals surface area contributed by atoms with Gasteiger partial charge in [0.2, 0.25) is 10.0 Å². The van der Waals surface area contributed by atoms with Crippen molar-refractivity contribution in [2.75, 3.05) is 50.8 Å². The summed E-state index contributed by atoms with van der Waals surface area (Å²) in [6.45, 7) is 7.60. The average Bonchev–Trinajstić information content (AvgIpc) is 2.65. The Bertz CT molecular complexity index is 904. The molecule has 1 aliphatic heterocycles. The number of hydrogen-bond acceptors (Lipinski definition) is 8. The van der Waals surface area contributed by atoms with Crippen LogP contribution >= 0.6 is 0 Å². The van der Waals surface area contributed by atoms with Crippen molar-refractivity contribution in [2.45, 2.75) is 32.4 Å². The molecule has 0 bridgehead atoms. The highest BCUT2D eigenvalue weighted by molar-refractivity contribution is 7.92. The molecule has 2 rings (SSSR count). The molecule has 1 unspecified atom stereocenters. The number of hydrogen-bond donors (Lipinski definition) is 2. The van der Waals surface area contributed by atoms with E-state index < -0.39 is 39.4 Å². The maximum Gasteiger partial charge on any atom is 0.335 e. The second-order valence-corrected chi connectivity index (χ2v) is 10.3. The highest BCUT2D eigenvalue weighted by Crippen LogP contribution is 2.27. The third-order valence-electron chi connectivity index (χ3n) is 4.75. The van der Waals surface area contributed by atoms with Gasteiger partial charge < -0.3 is 19.5 Å². The lowest BCUT2D eigenvalue weighted by molar-refractivity contribution is -0.161. The van der Waals surface area contributed by atoms with Crippen molar-refractivity contribution in [3.8, 4) is 5.75 Å². The van der Waals surface area contributed by atoms with E-state index in [4.69, 9.17) is 9.47 Å². The Morgan fingerprint density at radius 3 is 2.32 bits per heavy atom. The maximum absolute atomic E-state index is 13.0. The quantitative estimate of drug-likeness (QED) is 0.552. The normalized spacial score (nSPS) is 17.1. The van der Waals surface area contributed by atoms with Gasteiger partial charge >= 0.3 is 11.9 Å². The number of benzene rings is 1. The molecule has 1 atom stereocenters. The largest absolute Gasteiger partial charge is 0.495 e. The van der Waals surface area contributed by atoms with E-state index in [9.17, 15) is 23.1 Å². The molecule has 0 spiro atoms. The molecule has 0 aromatic heterocycles. The number of sulfonamides is 1. The van der Waals surface area contributed by atoms with E-state index >= 15 is 0 Å². The summed E-state index contributed by atoms with van der Waals surface area (Å²) in [4.78, 5) is 28.0. The van der Waals surface area contributed by atoms with Crippen LogP contribution < -0.4 is 9.46 Å². The Kier molecular flexibility index (Phi) is 7.90. The van der Waals surface area contributed by atoms with Crippen LogP contribution in [0, 0.1) is 0 Å². The minimum absolute atomic E-state index is 0.0104. The zero-order valence-electron chi connectivity index (χ0n) is 18.5. The molecule has 174 valence electrons. The number of rotatable bonds is 8. The van der Waals surface area contributed by atoms with E-state index in [0.717, 1.165) is 0 Å². The molecule has 11 heteroatoms. The number of carbonyl (C=O) groups is 2. The topological polar surface area (TPSA) is 125 Å². The predicted octanol–water partition coefficient (Wildman–Crippen LogP) is 1.09. The minimum Gasteiger partial charge on any atom is -0.495 e. The number of carbonyl (C=O) groups excluding carboxylic acids is 1. The fourth-order valence-electron chi connectivity index (χ4n) is 3.16. The molecule has 10 nitrogen and oxygen atoms in total. The lowest BCUT2D eigenvalue weighted by Crippen LogP contribution is -2.55. The van der Waals surface area contributed by atoms with Crippen LogP contribution in [0.25, 0.3) is 0 Å². The Labute approximate surface area is 183 Å². The summed E-state index contributed by atoms with van der Waals surface area (Å²) >= 11 is 0. The highest BCUT2D eigenvalue weighted by Gasteiger charge is 2.36. The zero-order chi connectivity index (χ0) is 23.4. The van der Waals surface area contributed by atoms with E-state index in [2.05, 4.69) is 9.62 Å². The monoisotopic (exact) mass is 457 g/mol. The summed E-state index contributed by atoms with van der Waals surface area (Å²) in [5, 5.41) is 9.20. The summed E-state index contributed by atoms with van der Waals surface area (Å²) in [7, 11) is -0.745. The molecule has 1 aromatic carbocycles. The van der Waals surface area contributed by atoms with Crippen LogP contribution in [0.2, 0.25) is 0 Å². The summed E-state index contributed by atoms with van der Waals surface area (Å²) in [6.07, 6.45) is 0. The lowest BCUT2D eigenvalue weighted by Gasteiger charge is -2.37. The van der Waals surface area contributed by atoms with Crippen LogP contribution in [0.4, 0.5) is 5.69 Å². The smallest absolute Gasteiger partial charge is 0.335 e. The van der Waals surface area contributed by atoms with Crippen molar-refractivity contribution in [1.29, 1.82) is 0 Å². The summed E-state index contributed by atoms with van der Waals surface area (Å²) in [5.41, 5.74) is -0.872. The Morgan fingerprint density at radius 2 is 1.81 bits per heavy atom. The van der Waals surface area contributed by atoms with Crippen molar-refractivity contribution in [3.63, 3.8) is 0 Å². The summed E-state index contributed by atoms with van der Waals surface area (Å²) in [5.74, 6) is -2.19. The number of esters is 1. The summed E-state index contributed by atoms with van der Waals surface area (Å²) < 4.78 is 39.0. The number of nitrogens with zero attached hydrogens (tertiary/aromatic N) is 2. The standard InChI is InChI=1S/C20H31N3O7S/c1-20(2,3)30-19(26)16(23-10-8-22(4)9-11-23)13-31(27,28)21-15-12-14(18(24)25)6-7-17(15)29-5/h6-7,12,16,21H,8-11,13H2,1-5H3,(H,24,25). The second-order valence-electron chi connectivity index (χ2n) is 8.49. The first kappa shape index (κ1) is 24.9. The van der Waals surface area contributed by atoms with Crippen LogP contribution in [0.3, 0.4) is 0 Å². The average molecular weight is 458 g/mol. The third-order valence-corrected chi connectivity index (χ3v) is 6.03. The van der Waals surface area contributed by atoms with Gasteiger partial charge in [-0.15, -0.1) is 0 Å². The molecule has 0 saturated carbocycles. The maximum atomic E-state index is 13.0. The molecular weight excluding hydrogens is 426 g/mol. The Morgan fingerprint density at radius 1 is 1.19 bits per heavy atom. The van der Waals surface area contributed by atoms with Gasteiger partial charge in [-0.05, 0) is 46.0 Å². The molecule has 1 heterocycles. The first-order valence-electron chi connectivity index (χ1n) is 9.88. The number of carboxylic acids is 1. The SMILES string of the molecule is COc1ccc(C(=O)O)cc1NS(=O)(=O)CC(C(=O)OC(C)(C)C)N1CCN(C)CC1. The van der Waals surface area contributed by atoms with Crippen LogP contribution in [0.5, 0.6) is 5.75 Å². The lowest BCUT2D eigenvalue weighted by atomic mass is 10.2. The van der Waals surface area contributed by atoms with Gasteiger partial charge in [-0.1, -0.05) is 0 Å². The zero-order valence-corrected chi connectivity index (χ0v) is 19.4. The molecule has 2 N–H and O–H groups in total. The van der Waals surface area contributed by atoms with Gasteiger partial charge in [0, 0.05) is 26.2 Å². The van der Waals surface area contributed by atoms with Crippen molar-refractivity contribution in [2.24, 2.45) is 0 Å². The minimum atomic E-state index is -4.05. The van der Waals surface area contributed by atoms with E-state index in [1.54, 1.807) is 25.7 Å². The van der Waals surface area contributed by atoms with Gasteiger partial charge in [0.05, 0.1) is 24.1 Å². The van der Waals surface area contributed by atoms with Crippen molar-refractivity contribution < 1.29 is 32.6 Å². The fraction of sp³-hybridized carbons (Fsp3) is 0.600. The number of piperazine rings is 1. The molecule has 0 amide bonds. The summed E-state index contributed by atoms with van der Waals surface area (Å²) in [6, 6.07) is 2.86. The van der Waals surface area contributed by atoms with Gasteiger partial charge in [-0.25, -0.2) is 13.2 Å². The molecular formula is C20H31N3O7S. The Hall–Kier alpha value is -2.37. The predicted molar refractivity (Wildman–Crippen MR) is 116 cm³/mol. The van der Waals surface area contributed by atoms with E-state index in [-0.39, 0.29) is 17.0 Å². The van der Waals surface area contributed by atoms with Gasteiger partial charge in [0.25, 0.3) is 0 Å². The number of methoxy groups -OCH3 is 1.